The number of nitrogens with zero attached hydrogens (tertiary/aromatic N) is 6. The van der Waals surface area contributed by atoms with Crippen molar-refractivity contribution in [2.24, 2.45) is 0 Å². The smallest absolute Gasteiger partial charge is 0.410 e. The maximum absolute atomic E-state index is 12.7. The lowest BCUT2D eigenvalue weighted by Crippen LogP contribution is -2.50. The summed E-state index contributed by atoms with van der Waals surface area (Å²) in [6, 6.07) is 0.862. The van der Waals surface area contributed by atoms with Crippen LogP contribution in [0, 0.1) is 0 Å². The lowest BCUT2D eigenvalue weighted by atomic mass is 10.1. The average molecular weight is 431 g/mol. The number of ether oxygens (including phenoxy) is 1. The first-order valence-electron chi connectivity index (χ1n) is 10.2. The zero-order chi connectivity index (χ0) is 22.3. The van der Waals surface area contributed by atoms with Gasteiger partial charge in [-0.2, -0.15) is 9.67 Å². The van der Waals surface area contributed by atoms with Gasteiger partial charge in [-0.05, 0) is 33.3 Å². The van der Waals surface area contributed by atoms with Gasteiger partial charge in [0.05, 0.1) is 0 Å². The van der Waals surface area contributed by atoms with Crippen molar-refractivity contribution in [1.82, 2.24) is 29.4 Å². The summed E-state index contributed by atoms with van der Waals surface area (Å²) in [5, 5.41) is 6.45. The van der Waals surface area contributed by atoms with Crippen molar-refractivity contribution in [1.29, 1.82) is 0 Å². The normalized spacial score (nSPS) is 20.2. The first kappa shape index (κ1) is 20.8. The number of nitrogens with one attached hydrogen (secondary N) is 1. The molecule has 2 fully saturated rings. The molecule has 1 atom stereocenters. The molecule has 0 spiro atoms. The minimum Gasteiger partial charge on any atom is -0.444 e. The van der Waals surface area contributed by atoms with Crippen molar-refractivity contribution in [2.75, 3.05) is 31.1 Å². The molecule has 1 unspecified atom stereocenters. The predicted molar refractivity (Wildman–Crippen MR) is 109 cm³/mol. The number of aromatic nitrogens is 4. The molecule has 2 aliphatic rings. The van der Waals surface area contributed by atoms with E-state index in [-0.39, 0.29) is 30.6 Å². The Morgan fingerprint density at radius 1 is 1.16 bits per heavy atom. The molecule has 0 radical (unpaired) electrons. The number of piperazine rings is 1. The van der Waals surface area contributed by atoms with Crippen LogP contribution in [0.15, 0.2) is 17.1 Å². The molecule has 2 aliphatic heterocycles. The quantitative estimate of drug-likeness (QED) is 0.654. The molecular weight excluding hydrogens is 406 g/mol. The Morgan fingerprint density at radius 3 is 2.52 bits per heavy atom. The highest BCUT2D eigenvalue weighted by Crippen LogP contribution is 2.18. The van der Waals surface area contributed by atoms with Gasteiger partial charge in [-0.3, -0.25) is 14.9 Å². The Morgan fingerprint density at radius 2 is 1.87 bits per heavy atom. The van der Waals surface area contributed by atoms with Gasteiger partial charge in [0.25, 0.3) is 11.7 Å². The second-order valence-corrected chi connectivity index (χ2v) is 8.60. The number of piperidine rings is 1. The molecule has 0 bridgehead atoms. The van der Waals surface area contributed by atoms with E-state index in [1.807, 2.05) is 25.7 Å². The number of carbonyl (C=O) groups excluding carboxylic acids is 3. The molecule has 3 amide bonds. The van der Waals surface area contributed by atoms with E-state index in [1.54, 1.807) is 17.2 Å². The van der Waals surface area contributed by atoms with E-state index >= 15 is 0 Å². The van der Waals surface area contributed by atoms with Gasteiger partial charge in [0.2, 0.25) is 5.91 Å². The van der Waals surface area contributed by atoms with Crippen molar-refractivity contribution in [3.05, 3.63) is 22.7 Å². The molecule has 12 nitrogen and oxygen atoms in total. The summed E-state index contributed by atoms with van der Waals surface area (Å²) in [7, 11) is 0. The van der Waals surface area contributed by atoms with Crippen LogP contribution in [0.2, 0.25) is 0 Å². The SMILES string of the molecule is CC(C)(C)OC(=O)N1CCN(c2ccn3c(=O)n(C4CCC(=O)NC4=O)nc3n2)CC1. The first-order valence-corrected chi connectivity index (χ1v) is 10.2. The van der Waals surface area contributed by atoms with Gasteiger partial charge in [0.15, 0.2) is 0 Å². The minimum absolute atomic E-state index is 0.150. The van der Waals surface area contributed by atoms with Gasteiger partial charge in [0.1, 0.15) is 17.5 Å². The summed E-state index contributed by atoms with van der Waals surface area (Å²) >= 11 is 0. The molecule has 0 saturated carbocycles. The highest BCUT2D eigenvalue weighted by atomic mass is 16.6. The van der Waals surface area contributed by atoms with Crippen molar-refractivity contribution in [3.8, 4) is 0 Å². The number of rotatable bonds is 2. The zero-order valence-electron chi connectivity index (χ0n) is 17.7. The Balaban J connectivity index is 1.49. The molecule has 166 valence electrons. The summed E-state index contributed by atoms with van der Waals surface area (Å²) in [4.78, 5) is 56.5. The van der Waals surface area contributed by atoms with Crippen LogP contribution in [-0.2, 0) is 14.3 Å². The third-order valence-electron chi connectivity index (χ3n) is 5.16. The van der Waals surface area contributed by atoms with Gasteiger partial charge < -0.3 is 14.5 Å². The molecule has 0 aliphatic carbocycles. The minimum atomic E-state index is -0.840. The molecule has 2 aromatic heterocycles. The summed E-state index contributed by atoms with van der Waals surface area (Å²) < 4.78 is 7.76. The maximum atomic E-state index is 12.7. The number of hydrogen-bond acceptors (Lipinski definition) is 8. The third kappa shape index (κ3) is 4.23. The van der Waals surface area contributed by atoms with Crippen LogP contribution in [0.5, 0.6) is 0 Å². The van der Waals surface area contributed by atoms with E-state index in [1.165, 1.54) is 4.40 Å². The zero-order valence-corrected chi connectivity index (χ0v) is 17.7. The van der Waals surface area contributed by atoms with E-state index < -0.39 is 23.2 Å². The van der Waals surface area contributed by atoms with Crippen LogP contribution in [0.4, 0.5) is 10.6 Å². The molecule has 2 saturated heterocycles. The molecule has 12 heteroatoms. The van der Waals surface area contributed by atoms with E-state index in [0.717, 1.165) is 4.68 Å². The predicted octanol–water partition coefficient (Wildman–Crippen LogP) is -0.0742. The van der Waals surface area contributed by atoms with Crippen LogP contribution in [0.25, 0.3) is 5.78 Å². The van der Waals surface area contributed by atoms with Crippen molar-refractivity contribution < 1.29 is 19.1 Å². The van der Waals surface area contributed by atoms with Crippen LogP contribution in [0.1, 0.15) is 39.7 Å². The lowest BCUT2D eigenvalue weighted by molar-refractivity contribution is -0.136. The number of imide groups is 1. The second kappa shape index (κ2) is 7.67. The number of hydrogen-bond donors (Lipinski definition) is 1. The van der Waals surface area contributed by atoms with E-state index in [9.17, 15) is 19.2 Å². The molecule has 1 N–H and O–H groups in total. The van der Waals surface area contributed by atoms with Gasteiger partial charge in [-0.15, -0.1) is 5.10 Å². The highest BCUT2D eigenvalue weighted by Gasteiger charge is 2.31. The van der Waals surface area contributed by atoms with Gasteiger partial charge in [0, 0.05) is 38.8 Å². The summed E-state index contributed by atoms with van der Waals surface area (Å²) in [6.45, 7) is 7.57. The molecule has 4 rings (SSSR count). The van der Waals surface area contributed by atoms with E-state index in [4.69, 9.17) is 4.74 Å². The van der Waals surface area contributed by atoms with Gasteiger partial charge in [-0.25, -0.2) is 14.0 Å². The van der Waals surface area contributed by atoms with Crippen LogP contribution < -0.4 is 15.9 Å². The summed E-state index contributed by atoms with van der Waals surface area (Å²) in [6.07, 6.45) is 1.59. The van der Waals surface area contributed by atoms with Gasteiger partial charge >= 0.3 is 11.8 Å². The Bertz CT molecular complexity index is 1090. The third-order valence-corrected chi connectivity index (χ3v) is 5.16. The van der Waals surface area contributed by atoms with Crippen LogP contribution in [-0.4, -0.2) is 73.8 Å². The lowest BCUT2D eigenvalue weighted by Gasteiger charge is -2.36. The fraction of sp³-hybridized carbons (Fsp3) is 0.579. The molecule has 0 aromatic carbocycles. The van der Waals surface area contributed by atoms with Crippen molar-refractivity contribution in [3.63, 3.8) is 0 Å². The van der Waals surface area contributed by atoms with E-state index in [2.05, 4.69) is 15.4 Å². The second-order valence-electron chi connectivity index (χ2n) is 8.60. The number of amides is 3. The largest absolute Gasteiger partial charge is 0.444 e. The monoisotopic (exact) mass is 431 g/mol. The summed E-state index contributed by atoms with van der Waals surface area (Å²) in [5.41, 5.74) is -1.03. The number of carbonyl (C=O) groups is 3. The Labute approximate surface area is 177 Å². The summed E-state index contributed by atoms with van der Waals surface area (Å²) in [5.74, 6) is -0.109. The Kier molecular flexibility index (Phi) is 5.15. The van der Waals surface area contributed by atoms with E-state index in [0.29, 0.717) is 32.0 Å². The van der Waals surface area contributed by atoms with Crippen molar-refractivity contribution in [2.45, 2.75) is 45.3 Å². The van der Waals surface area contributed by atoms with Gasteiger partial charge in [-0.1, -0.05) is 0 Å². The van der Waals surface area contributed by atoms with Crippen LogP contribution in [0.3, 0.4) is 0 Å². The fourth-order valence-corrected chi connectivity index (χ4v) is 3.61. The maximum Gasteiger partial charge on any atom is 0.410 e. The van der Waals surface area contributed by atoms with Crippen molar-refractivity contribution >= 4 is 29.5 Å². The molecule has 2 aromatic rings. The molecular formula is C19H25N7O5. The van der Waals surface area contributed by atoms with Crippen LogP contribution >= 0.6 is 0 Å². The Hall–Kier alpha value is -3.44. The molecule has 4 heterocycles. The number of anilines is 1. The standard InChI is InChI=1S/C19H25N7O5/c1-19(2,3)31-18(30)24-10-8-23(9-11-24)13-6-7-25-16(20-13)22-26(17(25)29)12-4-5-14(27)21-15(12)28/h6-7,12H,4-5,8-11H2,1-3H3,(H,21,27,28). The number of fused-ring (bicyclic) bond motifs is 1. The highest BCUT2D eigenvalue weighted by molar-refractivity contribution is 5.99. The topological polar surface area (TPSA) is 131 Å². The first-order chi connectivity index (χ1) is 14.6. The fourth-order valence-electron chi connectivity index (χ4n) is 3.61. The average Bonchev–Trinajstić information content (AvgIpc) is 3.02. The molecule has 31 heavy (non-hydrogen) atoms.